The molecule has 1 heterocycles. The molecule has 0 unspecified atom stereocenters. The van der Waals surface area contributed by atoms with Crippen LogP contribution in [-0.4, -0.2) is 14.4 Å². The molecule has 56 valence electrons. The van der Waals surface area contributed by atoms with Crippen LogP contribution in [0, 0.1) is 0 Å². The van der Waals surface area contributed by atoms with Crippen LogP contribution >= 0.6 is 0 Å². The molecule has 1 aromatic carbocycles. The van der Waals surface area contributed by atoms with Crippen LogP contribution in [0.2, 0.25) is 0 Å². The van der Waals surface area contributed by atoms with Gasteiger partial charge in [0, 0.05) is 7.11 Å². The maximum atomic E-state index is 5.21. The lowest BCUT2D eigenvalue weighted by Gasteiger charge is -1.97. The first kappa shape index (κ1) is 6.55. The van der Waals surface area contributed by atoms with Crippen molar-refractivity contribution in [3.8, 4) is 11.5 Å². The highest BCUT2D eigenvalue weighted by Gasteiger charge is 2.33. The van der Waals surface area contributed by atoms with E-state index in [0.29, 0.717) is 0 Å². The summed E-state index contributed by atoms with van der Waals surface area (Å²) in [6, 6.07) is 7.46. The van der Waals surface area contributed by atoms with E-state index in [-0.39, 0.29) is 0 Å². The number of hydrogen-bond acceptors (Lipinski definition) is 3. The molecule has 0 saturated carbocycles. The number of fused-ring (bicyclic) bond motifs is 1. The standard InChI is InChI=1S/C7H7BO3/c1-9-8-10-6-4-2-3-5-7(6)11-8/h2-5H,1H3. The van der Waals surface area contributed by atoms with E-state index in [0.717, 1.165) is 11.5 Å². The maximum absolute atomic E-state index is 5.21. The topological polar surface area (TPSA) is 27.7 Å². The lowest BCUT2D eigenvalue weighted by atomic mass is 10.2. The fourth-order valence-electron chi connectivity index (χ4n) is 0.973. The molecular weight excluding hydrogens is 143 g/mol. The van der Waals surface area contributed by atoms with Crippen molar-refractivity contribution in [2.75, 3.05) is 7.11 Å². The fourth-order valence-corrected chi connectivity index (χ4v) is 0.973. The summed E-state index contributed by atoms with van der Waals surface area (Å²) in [7, 11) is 0.962. The Labute approximate surface area is 65.1 Å². The lowest BCUT2D eigenvalue weighted by Crippen LogP contribution is -2.26. The van der Waals surface area contributed by atoms with Gasteiger partial charge in [0.1, 0.15) is 11.5 Å². The minimum atomic E-state index is -0.576. The van der Waals surface area contributed by atoms with Crippen molar-refractivity contribution in [2.24, 2.45) is 0 Å². The number of hydrogen-bond donors (Lipinski definition) is 0. The van der Waals surface area contributed by atoms with E-state index in [4.69, 9.17) is 14.0 Å². The minimum absolute atomic E-state index is 0.576. The first-order valence-corrected chi connectivity index (χ1v) is 3.35. The molecule has 0 N–H and O–H groups in total. The summed E-state index contributed by atoms with van der Waals surface area (Å²) in [6.45, 7) is 0. The van der Waals surface area contributed by atoms with Crippen LogP contribution in [0.1, 0.15) is 0 Å². The molecule has 2 rings (SSSR count). The minimum Gasteiger partial charge on any atom is -0.498 e. The summed E-state index contributed by atoms with van der Waals surface area (Å²) in [5, 5.41) is 0. The van der Waals surface area contributed by atoms with Gasteiger partial charge >= 0.3 is 7.32 Å². The second-order valence-electron chi connectivity index (χ2n) is 2.21. The van der Waals surface area contributed by atoms with Crippen molar-refractivity contribution in [3.05, 3.63) is 24.3 Å². The van der Waals surface area contributed by atoms with Gasteiger partial charge in [0.15, 0.2) is 0 Å². The average molecular weight is 150 g/mol. The monoisotopic (exact) mass is 150 g/mol. The van der Waals surface area contributed by atoms with Crippen LogP contribution < -0.4 is 9.31 Å². The molecule has 0 amide bonds. The Kier molecular flexibility index (Phi) is 1.47. The molecule has 0 aromatic heterocycles. The predicted molar refractivity (Wildman–Crippen MR) is 40.5 cm³/mol. The number of para-hydroxylation sites is 2. The van der Waals surface area contributed by atoms with Gasteiger partial charge in [-0.3, -0.25) is 0 Å². The van der Waals surface area contributed by atoms with Crippen molar-refractivity contribution in [1.82, 2.24) is 0 Å². The van der Waals surface area contributed by atoms with Crippen molar-refractivity contribution in [1.29, 1.82) is 0 Å². The summed E-state index contributed by atoms with van der Waals surface area (Å²) >= 11 is 0. The van der Waals surface area contributed by atoms with Crippen LogP contribution in [-0.2, 0) is 4.65 Å². The molecule has 11 heavy (non-hydrogen) atoms. The molecule has 1 aromatic rings. The first-order chi connectivity index (χ1) is 5.40. The first-order valence-electron chi connectivity index (χ1n) is 3.35. The molecule has 0 atom stereocenters. The Bertz CT molecular complexity index is 239. The zero-order valence-electron chi connectivity index (χ0n) is 6.11. The summed E-state index contributed by atoms with van der Waals surface area (Å²) in [5.74, 6) is 1.47. The Hall–Kier alpha value is -1.16. The summed E-state index contributed by atoms with van der Waals surface area (Å²) in [5.41, 5.74) is 0. The molecule has 0 saturated heterocycles. The van der Waals surface area contributed by atoms with Crippen LogP contribution in [0.3, 0.4) is 0 Å². The summed E-state index contributed by atoms with van der Waals surface area (Å²) in [4.78, 5) is 0. The highest BCUT2D eigenvalue weighted by molar-refractivity contribution is 6.40. The average Bonchev–Trinajstić information content (AvgIpc) is 2.46. The zero-order valence-corrected chi connectivity index (χ0v) is 6.11. The fraction of sp³-hybridized carbons (Fsp3) is 0.143. The van der Waals surface area contributed by atoms with Gasteiger partial charge in [0.25, 0.3) is 0 Å². The molecule has 0 spiro atoms. The zero-order chi connectivity index (χ0) is 7.68. The third kappa shape index (κ3) is 1.05. The molecule has 1 aliphatic rings. The van der Waals surface area contributed by atoms with Gasteiger partial charge in [-0.25, -0.2) is 0 Å². The van der Waals surface area contributed by atoms with Gasteiger partial charge < -0.3 is 14.0 Å². The van der Waals surface area contributed by atoms with E-state index in [9.17, 15) is 0 Å². The van der Waals surface area contributed by atoms with E-state index < -0.39 is 7.32 Å². The normalized spacial score (nSPS) is 13.7. The van der Waals surface area contributed by atoms with Gasteiger partial charge in [0.2, 0.25) is 0 Å². The second-order valence-corrected chi connectivity index (χ2v) is 2.21. The molecule has 0 radical (unpaired) electrons. The molecule has 1 aliphatic heterocycles. The predicted octanol–water partition coefficient (Wildman–Crippen LogP) is 1.09. The Morgan fingerprint density at radius 2 is 1.73 bits per heavy atom. The third-order valence-electron chi connectivity index (χ3n) is 1.49. The highest BCUT2D eigenvalue weighted by Crippen LogP contribution is 2.32. The molecule has 3 nitrogen and oxygen atoms in total. The molecule has 0 aliphatic carbocycles. The maximum Gasteiger partial charge on any atom is 0.788 e. The quantitative estimate of drug-likeness (QED) is 0.560. The lowest BCUT2D eigenvalue weighted by molar-refractivity contribution is 0.278. The van der Waals surface area contributed by atoms with E-state index in [2.05, 4.69) is 0 Å². The van der Waals surface area contributed by atoms with Gasteiger partial charge in [-0.15, -0.1) is 0 Å². The van der Waals surface area contributed by atoms with Crippen molar-refractivity contribution >= 4 is 7.32 Å². The summed E-state index contributed by atoms with van der Waals surface area (Å²) < 4.78 is 15.3. The van der Waals surface area contributed by atoms with E-state index in [1.807, 2.05) is 24.3 Å². The largest absolute Gasteiger partial charge is 0.788 e. The highest BCUT2D eigenvalue weighted by atomic mass is 16.8. The molecule has 4 heteroatoms. The Morgan fingerprint density at radius 1 is 1.18 bits per heavy atom. The molecule has 0 fully saturated rings. The number of rotatable bonds is 1. The van der Waals surface area contributed by atoms with Gasteiger partial charge in [-0.05, 0) is 12.1 Å². The second kappa shape index (κ2) is 2.47. The van der Waals surface area contributed by atoms with Gasteiger partial charge in [0.05, 0.1) is 0 Å². The van der Waals surface area contributed by atoms with Crippen molar-refractivity contribution < 1.29 is 14.0 Å². The van der Waals surface area contributed by atoms with Crippen LogP contribution in [0.5, 0.6) is 11.5 Å². The van der Waals surface area contributed by atoms with Crippen LogP contribution in [0.15, 0.2) is 24.3 Å². The SMILES string of the molecule is COB1Oc2ccccc2O1. The Morgan fingerprint density at radius 3 is 2.18 bits per heavy atom. The van der Waals surface area contributed by atoms with Crippen molar-refractivity contribution in [2.45, 2.75) is 0 Å². The van der Waals surface area contributed by atoms with Gasteiger partial charge in [-0.1, -0.05) is 12.1 Å². The molecule has 0 bridgehead atoms. The molecular formula is C7H7BO3. The van der Waals surface area contributed by atoms with Crippen molar-refractivity contribution in [3.63, 3.8) is 0 Å². The van der Waals surface area contributed by atoms with Crippen LogP contribution in [0.25, 0.3) is 0 Å². The smallest absolute Gasteiger partial charge is 0.498 e. The summed E-state index contributed by atoms with van der Waals surface area (Å²) in [6.07, 6.45) is 0. The van der Waals surface area contributed by atoms with E-state index >= 15 is 0 Å². The third-order valence-corrected chi connectivity index (χ3v) is 1.49. The Balaban J connectivity index is 2.27. The van der Waals surface area contributed by atoms with Crippen LogP contribution in [0.4, 0.5) is 0 Å². The van der Waals surface area contributed by atoms with Gasteiger partial charge in [-0.2, -0.15) is 0 Å². The van der Waals surface area contributed by atoms with E-state index in [1.165, 1.54) is 7.11 Å². The number of benzene rings is 1. The van der Waals surface area contributed by atoms with E-state index in [1.54, 1.807) is 0 Å².